The topological polar surface area (TPSA) is 174 Å². The summed E-state index contributed by atoms with van der Waals surface area (Å²) >= 11 is 4.91. The maximum Gasteiger partial charge on any atom is 1.00 e. The van der Waals surface area contributed by atoms with Crippen molar-refractivity contribution in [2.45, 2.75) is 344 Å². The van der Waals surface area contributed by atoms with Gasteiger partial charge in [-0.25, -0.2) is 0 Å². The van der Waals surface area contributed by atoms with Gasteiger partial charge in [-0.3, -0.25) is 0 Å². The Morgan fingerprint density at radius 2 is 0.986 bits per heavy atom. The zero-order valence-electron chi connectivity index (χ0n) is 93.4. The number of fused-ring (bicyclic) bond motifs is 8. The Kier molecular flexibility index (Phi) is 41.1. The first kappa shape index (κ1) is 121. The molecule has 804 valence electrons. The SMILES string of the molecule is C#Cc1cc(P(C(C)(C)OC(B(C)C)(N(C([O-])([O-])[O-])[As](F)(Cl)(Br)I)[Si](C)(C(C)C)C(C)(C)C)C(C2CCCC2)(C2CCC2)C2CC2)c(C=C)c(-c2cc(C3CCC(C)CCC(C4CCC5CCC6C(CCC7C8CCCC8CCC76)C5C4)CC3)c(C34C5C6C7C5C3C7C64)c(C3CCC(C)CC(C4COCCOCCOCCOCCOCCOCCOCCOCCOCCO4)CC3)c2)c1-c1ccc2ccccc2c1.[K+].[Li+].[Na+]. The van der Waals surface area contributed by atoms with Crippen LogP contribution in [0, 0.1) is 148 Å². The van der Waals surface area contributed by atoms with Gasteiger partial charge in [0.15, 0.2) is 0 Å². The van der Waals surface area contributed by atoms with Crippen LogP contribution < -0.4 is 120 Å². The van der Waals surface area contributed by atoms with Crippen LogP contribution >= 0.6 is 51.9 Å². The summed E-state index contributed by atoms with van der Waals surface area (Å²) in [5, 5.41) is 44.9. The van der Waals surface area contributed by atoms with Crippen molar-refractivity contribution in [3.05, 3.63) is 95.1 Å². The van der Waals surface area contributed by atoms with Crippen molar-refractivity contribution in [2.75, 3.05) is 126 Å². The van der Waals surface area contributed by atoms with Crippen LogP contribution in [0.3, 0.4) is 0 Å². The van der Waals surface area contributed by atoms with Crippen molar-refractivity contribution in [1.29, 1.82) is 0 Å². The van der Waals surface area contributed by atoms with Crippen LogP contribution in [-0.2, 0) is 57.5 Å². The number of nitrogens with zero attached hydrogens (tertiary/aromatic N) is 1. The second-order valence-electron chi connectivity index (χ2n) is 51.9. The van der Waals surface area contributed by atoms with Crippen molar-refractivity contribution in [2.24, 2.45) is 136 Å². The first-order valence-corrected chi connectivity index (χ1v) is 76.8. The second-order valence-corrected chi connectivity index (χ2v) is 95.4. The van der Waals surface area contributed by atoms with E-state index < -0.39 is 51.4 Å². The Labute approximate surface area is 993 Å². The van der Waals surface area contributed by atoms with Gasteiger partial charge in [-0.1, -0.05) is 70.2 Å². The van der Waals surface area contributed by atoms with E-state index in [1.165, 1.54) is 141 Å². The normalized spacial score (nSPS) is 36.1. The molecule has 20 atom stereocenters. The quantitative estimate of drug-likeness (QED) is 0.0239. The van der Waals surface area contributed by atoms with Crippen LogP contribution in [-0.4, -0.2) is 179 Å². The van der Waals surface area contributed by atoms with E-state index in [9.17, 15) is 0 Å². The number of hydrogen-bond acceptors (Lipinski definition) is 15. The Hall–Kier alpha value is 1.77. The van der Waals surface area contributed by atoms with Gasteiger partial charge in [0.1, 0.15) is 0 Å². The van der Waals surface area contributed by atoms with E-state index in [-0.39, 0.29) is 140 Å². The molecule has 0 radical (unpaired) electrons. The van der Waals surface area contributed by atoms with Crippen LogP contribution in [0.4, 0.5) is 3.47 Å². The minimum atomic E-state index is -6.77. The Morgan fingerprint density at radius 3 is 1.49 bits per heavy atom. The molecule has 4 aromatic rings. The number of benzene rings is 4. The number of rotatable bonds is 22. The second kappa shape index (κ2) is 50.4. The molecule has 4 aromatic carbocycles. The van der Waals surface area contributed by atoms with Crippen LogP contribution in [0.25, 0.3) is 39.1 Å². The van der Waals surface area contributed by atoms with Crippen molar-refractivity contribution >= 4 is 95.9 Å². The molecule has 20 unspecified atom stereocenters. The molecule has 148 heavy (non-hydrogen) atoms. The van der Waals surface area contributed by atoms with E-state index in [4.69, 9.17) is 75.1 Å². The predicted molar refractivity (Wildman–Crippen MR) is 598 cm³/mol. The van der Waals surface area contributed by atoms with Gasteiger partial charge in [0.25, 0.3) is 0 Å². The molecule has 26 heteroatoms. The van der Waals surface area contributed by atoms with E-state index in [0.29, 0.717) is 165 Å². The van der Waals surface area contributed by atoms with E-state index >= 15 is 18.8 Å². The summed E-state index contributed by atoms with van der Waals surface area (Å²) < 4.78 is 90.4. The summed E-state index contributed by atoms with van der Waals surface area (Å²) in [5.41, 5.74) is 11.4. The monoisotopic (exact) mass is 2360 g/mol. The summed E-state index contributed by atoms with van der Waals surface area (Å²) in [6.07, 6.45) is 45.5. The molecular weight excluding hydrogens is 2180 g/mol. The number of halogens is 4. The van der Waals surface area contributed by atoms with Gasteiger partial charge in [-0.2, -0.15) is 0 Å². The molecule has 0 N–H and O–H groups in total. The maximum absolute atomic E-state index is 19.3. The van der Waals surface area contributed by atoms with Gasteiger partial charge >= 0.3 is 511 Å². The van der Waals surface area contributed by atoms with Gasteiger partial charge < -0.3 is 47.4 Å². The summed E-state index contributed by atoms with van der Waals surface area (Å²) in [4.78, 5) is 0. The van der Waals surface area contributed by atoms with Crippen molar-refractivity contribution in [3.8, 4) is 34.6 Å². The van der Waals surface area contributed by atoms with E-state index in [2.05, 4.69) is 155 Å². The zero-order chi connectivity index (χ0) is 102. The molecule has 17 fully saturated rings. The molecule has 0 spiro atoms. The summed E-state index contributed by atoms with van der Waals surface area (Å²) in [6.45, 7) is 33.2. The molecule has 16 aliphatic carbocycles. The van der Waals surface area contributed by atoms with Gasteiger partial charge in [0.2, 0.25) is 0 Å². The van der Waals surface area contributed by atoms with Gasteiger partial charge in [0, 0.05) is 5.41 Å². The Bertz CT molecular complexity index is 5070. The van der Waals surface area contributed by atoms with E-state index in [1.54, 1.807) is 16.7 Å². The van der Waals surface area contributed by atoms with Crippen molar-refractivity contribution < 1.29 is 171 Å². The third-order valence-corrected chi connectivity index (χ3v) is 62.6. The molecule has 1 heterocycles. The fourth-order valence-electron chi connectivity index (χ4n) is 36.9. The van der Waals surface area contributed by atoms with Crippen LogP contribution in [0.15, 0.2) is 67.2 Å². The first-order chi connectivity index (χ1) is 69.7. The molecule has 21 rings (SSSR count). The van der Waals surface area contributed by atoms with Gasteiger partial charge in [-0.15, -0.1) is 0 Å². The fourth-order valence-corrected chi connectivity index (χ4v) is 60.7. The molecule has 17 aliphatic rings. The Morgan fingerprint density at radius 1 is 0.541 bits per heavy atom. The molecule has 0 aromatic heterocycles. The largest absolute Gasteiger partial charge is 1.00 e. The number of terminal acetylenes is 1. The van der Waals surface area contributed by atoms with Gasteiger partial charge in [0.05, 0.1) is 132 Å². The number of ether oxygens (including phenoxy) is 11. The molecule has 0 bridgehead atoms. The molecule has 15 nitrogen and oxygen atoms in total. The molecule has 16 saturated carbocycles. The average molecular weight is 2360 g/mol. The molecule has 1 aliphatic heterocycles. The van der Waals surface area contributed by atoms with Crippen molar-refractivity contribution in [3.63, 3.8) is 0 Å². The van der Waals surface area contributed by atoms with Crippen LogP contribution in [0.2, 0.25) is 30.8 Å². The molecular formula is C122H179AsBBrClFIKLiNNaO14PSi. The van der Waals surface area contributed by atoms with Crippen LogP contribution in [0.1, 0.15) is 307 Å². The predicted octanol–water partition coefficient (Wildman–Crippen LogP) is 17.0. The Balaban J connectivity index is 0.00000498. The third kappa shape index (κ3) is 23.2. The molecule has 1 saturated heterocycles. The summed E-state index contributed by atoms with van der Waals surface area (Å²) in [7, 11) is 2.03. The van der Waals surface area contributed by atoms with Gasteiger partial charge in [-0.05, 0) is 239 Å². The maximum atomic E-state index is 19.3. The minimum absolute atomic E-state index is 0. The van der Waals surface area contributed by atoms with E-state index in [0.717, 1.165) is 228 Å². The van der Waals surface area contributed by atoms with E-state index in [1.807, 2.05) is 13.6 Å². The zero-order valence-corrected chi connectivity index (χ0v) is 107. The standard InChI is InChI=1S/C122H179AsBBrClFINO14PSi.K.Li.Na/c1-15-81-76-106(144(120(95-47-48-95,94-28-22-29-94)93-26-19-20-27-93)118(10,11)143-121(124(12)13,145(14,78(3)4)117(7,8)9)129(122(130,131)132)123(125,126,127)128)96(16-2)108(107(81)91-44-38-82-23-17-18-24-88(82)72-91)92-74-103(86-35-32-79(5)31-34-83(37-39-86)89-42-40-85-46-50-100-99-49-45-84-25-21-30-97(84)98(99)51-52-101(100)102(85)73-89)113(119-114-110-109-111(114)116(119)112(109)115(110)119)104(75-92)87-36-33-80(6)71-90(43-41-87)105-77-141-68-67-139-64-63-137-60-59-135-56-55-133-53-54-134-57-58-136-61-62-138-65-66-140-69-70-142-105;;;/h1,16-18,23-24,38,44,72,74-76,78-80,83-87,89-90,93-95,97-102,105,109-112,114-116H,2,19-22,25-37,39-43,45-71,73,77H2,3-14H3;;;/q-3;3*+1. The number of hydrogen-bond donors (Lipinski definition) is 0. The first-order valence-electron chi connectivity index (χ1n) is 58.8. The minimum Gasteiger partial charge on any atom is 1.00 e. The third-order valence-electron chi connectivity index (χ3n) is 43.4. The molecule has 0 amide bonds. The fraction of sp³-hybridized carbons (Fsp3) is 0.787. The summed E-state index contributed by atoms with van der Waals surface area (Å²) in [5.74, 6) is 21.1. The average Bonchev–Trinajstić information content (AvgIpc) is 0.797. The summed E-state index contributed by atoms with van der Waals surface area (Å²) in [6, 6.07) is 24.1. The smallest absolute Gasteiger partial charge is 1.00 e. The van der Waals surface area contributed by atoms with Crippen molar-refractivity contribution in [1.82, 2.24) is 3.82 Å². The van der Waals surface area contributed by atoms with Crippen LogP contribution in [0.5, 0.6) is 0 Å².